The summed E-state index contributed by atoms with van der Waals surface area (Å²) in [5.41, 5.74) is 1.99. The first-order valence-electron chi connectivity index (χ1n) is 6.94. The number of para-hydroxylation sites is 2. The molecule has 0 unspecified atom stereocenters. The van der Waals surface area contributed by atoms with Crippen molar-refractivity contribution in [1.29, 1.82) is 0 Å². The van der Waals surface area contributed by atoms with E-state index in [0.29, 0.717) is 0 Å². The van der Waals surface area contributed by atoms with Crippen molar-refractivity contribution in [2.24, 2.45) is 0 Å². The second-order valence-electron chi connectivity index (χ2n) is 5.21. The van der Waals surface area contributed by atoms with Crippen LogP contribution in [0, 0.1) is 0 Å². The van der Waals surface area contributed by atoms with Gasteiger partial charge in [-0.2, -0.15) is 5.10 Å². The molecule has 1 aromatic carbocycles. The van der Waals surface area contributed by atoms with Gasteiger partial charge in [-0.25, -0.2) is 9.97 Å². The summed E-state index contributed by atoms with van der Waals surface area (Å²) in [7, 11) is 1.74. The van der Waals surface area contributed by atoms with Gasteiger partial charge in [0, 0.05) is 20.1 Å². The molecule has 0 aliphatic carbocycles. The summed E-state index contributed by atoms with van der Waals surface area (Å²) in [6, 6.07) is 8.11. The van der Waals surface area contributed by atoms with Gasteiger partial charge in [0.25, 0.3) is 0 Å². The van der Waals surface area contributed by atoms with Crippen molar-refractivity contribution >= 4 is 17.0 Å². The molecule has 7 heteroatoms. The number of ether oxygens (including phenoxy) is 1. The van der Waals surface area contributed by atoms with E-state index in [-0.39, 0.29) is 12.1 Å². The van der Waals surface area contributed by atoms with Crippen LogP contribution in [0.3, 0.4) is 0 Å². The minimum Gasteiger partial charge on any atom is -0.380 e. The predicted molar refractivity (Wildman–Crippen MR) is 78.0 cm³/mol. The first-order chi connectivity index (χ1) is 10.3. The third-order valence-electron chi connectivity index (χ3n) is 3.99. The van der Waals surface area contributed by atoms with E-state index in [1.54, 1.807) is 7.11 Å². The normalized spacial score (nSPS) is 22.2. The number of rotatable bonds is 3. The van der Waals surface area contributed by atoms with Gasteiger partial charge in [-0.15, -0.1) is 0 Å². The largest absolute Gasteiger partial charge is 0.380 e. The highest BCUT2D eigenvalue weighted by Gasteiger charge is 2.36. The Morgan fingerprint density at radius 2 is 2.24 bits per heavy atom. The van der Waals surface area contributed by atoms with Gasteiger partial charge < -0.3 is 14.6 Å². The van der Waals surface area contributed by atoms with E-state index < -0.39 is 0 Å². The van der Waals surface area contributed by atoms with Crippen LogP contribution in [-0.2, 0) is 4.74 Å². The monoisotopic (exact) mass is 284 g/mol. The van der Waals surface area contributed by atoms with Gasteiger partial charge in [0.05, 0.1) is 23.2 Å². The van der Waals surface area contributed by atoms with Crippen LogP contribution in [0.4, 0.5) is 5.95 Å². The van der Waals surface area contributed by atoms with Gasteiger partial charge in [-0.1, -0.05) is 12.1 Å². The average Bonchev–Trinajstić information content (AvgIpc) is 3.24. The first kappa shape index (κ1) is 12.3. The van der Waals surface area contributed by atoms with E-state index in [1.807, 2.05) is 24.3 Å². The predicted octanol–water partition coefficient (Wildman–Crippen LogP) is 1.65. The minimum absolute atomic E-state index is 0.0954. The summed E-state index contributed by atoms with van der Waals surface area (Å²) in [6.07, 6.45) is 2.56. The molecule has 21 heavy (non-hydrogen) atoms. The maximum Gasteiger partial charge on any atom is 0.204 e. The number of hydrogen-bond donors (Lipinski definition) is 2. The van der Waals surface area contributed by atoms with Gasteiger partial charge in [0.1, 0.15) is 12.2 Å². The van der Waals surface area contributed by atoms with Gasteiger partial charge in [-0.05, 0) is 12.1 Å². The Bertz CT molecular complexity index is 704. The molecule has 0 bridgehead atoms. The van der Waals surface area contributed by atoms with E-state index in [1.165, 1.54) is 6.33 Å². The molecule has 4 rings (SSSR count). The van der Waals surface area contributed by atoms with Crippen molar-refractivity contribution in [3.8, 4) is 0 Å². The standard InChI is InChI=1S/C14H16N6O/c1-21-9-6-12(13-15-8-16-19-13)20(7-9)14-17-10-4-2-3-5-11(10)18-14/h2-5,8-9,12H,6-7H2,1H3,(H,17,18)(H,15,16,19)/t9-,12+/m1/s1. The number of aromatic amines is 2. The topological polar surface area (TPSA) is 82.7 Å². The van der Waals surface area contributed by atoms with E-state index >= 15 is 0 Å². The third kappa shape index (κ3) is 2.06. The number of methoxy groups -OCH3 is 1. The van der Waals surface area contributed by atoms with Crippen molar-refractivity contribution in [1.82, 2.24) is 25.1 Å². The SMILES string of the molecule is CO[C@@H]1C[C@@H](c2ncn[nH]2)N(c2nc3ccccc3[nH]2)C1. The third-order valence-corrected chi connectivity index (χ3v) is 3.99. The summed E-state index contributed by atoms with van der Waals surface area (Å²) in [6.45, 7) is 0.779. The number of benzene rings is 1. The van der Waals surface area contributed by atoms with E-state index in [4.69, 9.17) is 4.74 Å². The molecule has 1 aliphatic heterocycles. The van der Waals surface area contributed by atoms with Crippen molar-refractivity contribution in [3.05, 3.63) is 36.4 Å². The molecule has 108 valence electrons. The molecule has 0 saturated carbocycles. The van der Waals surface area contributed by atoms with Gasteiger partial charge in [-0.3, -0.25) is 5.10 Å². The molecule has 2 aromatic heterocycles. The smallest absolute Gasteiger partial charge is 0.204 e. The van der Waals surface area contributed by atoms with Crippen LogP contribution in [0.25, 0.3) is 11.0 Å². The van der Waals surface area contributed by atoms with Gasteiger partial charge >= 0.3 is 0 Å². The fraction of sp³-hybridized carbons (Fsp3) is 0.357. The molecule has 2 atom stereocenters. The Balaban J connectivity index is 1.73. The number of imidazole rings is 1. The number of nitrogens with zero attached hydrogens (tertiary/aromatic N) is 4. The molecule has 3 aromatic rings. The fourth-order valence-electron chi connectivity index (χ4n) is 2.91. The average molecular weight is 284 g/mol. The highest BCUT2D eigenvalue weighted by atomic mass is 16.5. The number of aromatic nitrogens is 5. The Hall–Kier alpha value is -2.41. The van der Waals surface area contributed by atoms with Crippen LogP contribution in [-0.4, -0.2) is 44.9 Å². The molecule has 1 aliphatic rings. The summed E-state index contributed by atoms with van der Waals surface area (Å²) < 4.78 is 5.52. The molecular weight excluding hydrogens is 268 g/mol. The molecule has 0 amide bonds. The fourth-order valence-corrected chi connectivity index (χ4v) is 2.91. The number of fused-ring (bicyclic) bond motifs is 1. The van der Waals surface area contributed by atoms with E-state index in [0.717, 1.165) is 35.8 Å². The lowest BCUT2D eigenvalue weighted by Gasteiger charge is -2.21. The van der Waals surface area contributed by atoms with Crippen molar-refractivity contribution in [2.45, 2.75) is 18.6 Å². The number of anilines is 1. The zero-order valence-corrected chi connectivity index (χ0v) is 11.7. The molecular formula is C14H16N6O. The molecule has 0 radical (unpaired) electrons. The van der Waals surface area contributed by atoms with E-state index in [2.05, 4.69) is 30.0 Å². The van der Waals surface area contributed by atoms with Crippen LogP contribution >= 0.6 is 0 Å². The first-order valence-corrected chi connectivity index (χ1v) is 6.94. The minimum atomic E-state index is 0.0954. The van der Waals surface area contributed by atoms with Crippen LogP contribution in [0.5, 0.6) is 0 Å². The lowest BCUT2D eigenvalue weighted by atomic mass is 10.2. The summed E-state index contributed by atoms with van der Waals surface area (Å²) in [4.78, 5) is 14.5. The van der Waals surface area contributed by atoms with Gasteiger partial charge in [0.2, 0.25) is 5.95 Å². The number of hydrogen-bond acceptors (Lipinski definition) is 5. The van der Waals surface area contributed by atoms with Crippen molar-refractivity contribution < 1.29 is 4.74 Å². The summed E-state index contributed by atoms with van der Waals surface area (Å²) in [5.74, 6) is 1.69. The Morgan fingerprint density at radius 3 is 3.00 bits per heavy atom. The van der Waals surface area contributed by atoms with Crippen LogP contribution in [0.1, 0.15) is 18.3 Å². The second-order valence-corrected chi connectivity index (χ2v) is 5.21. The van der Waals surface area contributed by atoms with Crippen LogP contribution in [0.2, 0.25) is 0 Å². The number of nitrogens with one attached hydrogen (secondary N) is 2. The molecule has 0 spiro atoms. The molecule has 3 heterocycles. The quantitative estimate of drug-likeness (QED) is 0.764. The lowest BCUT2D eigenvalue weighted by Crippen LogP contribution is -2.26. The second kappa shape index (κ2) is 4.85. The Labute approximate surface area is 121 Å². The maximum absolute atomic E-state index is 5.52. The Morgan fingerprint density at radius 1 is 1.33 bits per heavy atom. The van der Waals surface area contributed by atoms with Gasteiger partial charge in [0.15, 0.2) is 0 Å². The van der Waals surface area contributed by atoms with Crippen LogP contribution < -0.4 is 4.90 Å². The zero-order chi connectivity index (χ0) is 14.2. The molecule has 1 fully saturated rings. The molecule has 7 nitrogen and oxygen atoms in total. The van der Waals surface area contributed by atoms with Crippen molar-refractivity contribution in [3.63, 3.8) is 0 Å². The maximum atomic E-state index is 5.52. The summed E-state index contributed by atoms with van der Waals surface area (Å²) >= 11 is 0. The summed E-state index contributed by atoms with van der Waals surface area (Å²) in [5, 5.41) is 6.91. The Kier molecular flexibility index (Phi) is 2.85. The van der Waals surface area contributed by atoms with E-state index in [9.17, 15) is 0 Å². The highest BCUT2D eigenvalue weighted by Crippen LogP contribution is 2.34. The highest BCUT2D eigenvalue weighted by molar-refractivity contribution is 5.77. The zero-order valence-electron chi connectivity index (χ0n) is 11.7. The molecule has 1 saturated heterocycles. The number of H-pyrrole nitrogens is 2. The van der Waals surface area contributed by atoms with Crippen LogP contribution in [0.15, 0.2) is 30.6 Å². The lowest BCUT2D eigenvalue weighted by molar-refractivity contribution is 0.118. The van der Waals surface area contributed by atoms with Crippen molar-refractivity contribution in [2.75, 3.05) is 18.6 Å². The molecule has 2 N–H and O–H groups in total.